The van der Waals surface area contributed by atoms with Crippen LogP contribution in [-0.4, -0.2) is 49.7 Å². The van der Waals surface area contributed by atoms with Gasteiger partial charge in [0.1, 0.15) is 18.1 Å². The van der Waals surface area contributed by atoms with Gasteiger partial charge in [-0.3, -0.25) is 9.59 Å². The summed E-state index contributed by atoms with van der Waals surface area (Å²) in [5.41, 5.74) is 8.91. The number of carbonyl (C=O) groups is 2. The summed E-state index contributed by atoms with van der Waals surface area (Å²) in [6.07, 6.45) is 3.53. The molecule has 0 bridgehead atoms. The third-order valence-corrected chi connectivity index (χ3v) is 6.61. The quantitative estimate of drug-likeness (QED) is 0.111. The molecular weight excluding hydrogens is 520 g/mol. The van der Waals surface area contributed by atoms with Crippen LogP contribution in [0.2, 0.25) is 0 Å². The zero-order chi connectivity index (χ0) is 29.3. The van der Waals surface area contributed by atoms with E-state index in [1.807, 2.05) is 61.5 Å². The van der Waals surface area contributed by atoms with Crippen molar-refractivity contribution < 1.29 is 24.2 Å². The monoisotopic (exact) mass is 562 g/mol. The van der Waals surface area contributed by atoms with E-state index in [1.54, 1.807) is 18.2 Å². The molecular formula is C32H42N4O5. The van der Waals surface area contributed by atoms with Crippen LogP contribution in [0, 0.1) is 0 Å². The van der Waals surface area contributed by atoms with E-state index < -0.39 is 6.10 Å². The molecule has 2 unspecified atom stereocenters. The van der Waals surface area contributed by atoms with Gasteiger partial charge in [0, 0.05) is 19.1 Å². The number of unbranched alkanes of at least 4 members (excludes halogenated alkanes) is 1. The van der Waals surface area contributed by atoms with Crippen LogP contribution < -0.4 is 31.2 Å². The topological polar surface area (TPSA) is 135 Å². The molecule has 3 aromatic carbocycles. The zero-order valence-electron chi connectivity index (χ0n) is 23.7. The Morgan fingerprint density at radius 1 is 1.00 bits per heavy atom. The summed E-state index contributed by atoms with van der Waals surface area (Å²) in [6, 6.07) is 22.8. The SMILES string of the molecule is CC(CCNC(=O)COc1ccc(CCCCN)cc1)NCC(O)c1ccc(OCc2ccccc2)c(NC=O)c1. The van der Waals surface area contributed by atoms with Crippen LogP contribution in [0.4, 0.5) is 5.69 Å². The Morgan fingerprint density at radius 2 is 1.78 bits per heavy atom. The zero-order valence-corrected chi connectivity index (χ0v) is 23.7. The van der Waals surface area contributed by atoms with Crippen molar-refractivity contribution in [3.8, 4) is 11.5 Å². The Bertz CT molecular complexity index is 1190. The highest BCUT2D eigenvalue weighted by atomic mass is 16.5. The molecule has 9 nitrogen and oxygen atoms in total. The van der Waals surface area contributed by atoms with Crippen molar-refractivity contribution in [2.45, 2.75) is 51.4 Å². The van der Waals surface area contributed by atoms with Crippen molar-refractivity contribution in [1.82, 2.24) is 10.6 Å². The third-order valence-electron chi connectivity index (χ3n) is 6.61. The van der Waals surface area contributed by atoms with Crippen molar-refractivity contribution >= 4 is 18.0 Å². The van der Waals surface area contributed by atoms with E-state index in [-0.39, 0.29) is 18.6 Å². The largest absolute Gasteiger partial charge is 0.487 e. The van der Waals surface area contributed by atoms with E-state index in [9.17, 15) is 14.7 Å². The predicted molar refractivity (Wildman–Crippen MR) is 161 cm³/mol. The Kier molecular flexibility index (Phi) is 13.6. The minimum absolute atomic E-state index is 0.0464. The Hall–Kier alpha value is -3.92. The highest BCUT2D eigenvalue weighted by Crippen LogP contribution is 2.29. The first-order valence-corrected chi connectivity index (χ1v) is 14.1. The molecule has 6 N–H and O–H groups in total. The molecule has 0 saturated carbocycles. The number of anilines is 1. The van der Waals surface area contributed by atoms with E-state index in [0.29, 0.717) is 61.8 Å². The number of rotatable bonds is 19. The van der Waals surface area contributed by atoms with Crippen LogP contribution in [0.3, 0.4) is 0 Å². The lowest BCUT2D eigenvalue weighted by Crippen LogP contribution is -2.36. The molecule has 41 heavy (non-hydrogen) atoms. The molecule has 0 fully saturated rings. The van der Waals surface area contributed by atoms with Gasteiger partial charge in [-0.25, -0.2) is 0 Å². The lowest BCUT2D eigenvalue weighted by atomic mass is 10.1. The summed E-state index contributed by atoms with van der Waals surface area (Å²) in [7, 11) is 0. The Labute approximate surface area is 242 Å². The Balaban J connectivity index is 1.35. The molecule has 3 aromatic rings. The number of aliphatic hydroxyl groups is 1. The lowest BCUT2D eigenvalue weighted by Gasteiger charge is -2.19. The number of carbonyl (C=O) groups excluding carboxylic acids is 2. The first kappa shape index (κ1) is 31.6. The van der Waals surface area contributed by atoms with Crippen molar-refractivity contribution in [3.05, 3.63) is 89.5 Å². The first-order chi connectivity index (χ1) is 20.0. The maximum atomic E-state index is 12.2. The fraction of sp³-hybridized carbons (Fsp3) is 0.375. The summed E-state index contributed by atoms with van der Waals surface area (Å²) in [4.78, 5) is 23.3. The normalized spacial score (nSPS) is 12.3. The fourth-order valence-electron chi connectivity index (χ4n) is 4.18. The second-order valence-electron chi connectivity index (χ2n) is 9.93. The average Bonchev–Trinajstić information content (AvgIpc) is 2.99. The van der Waals surface area contributed by atoms with Gasteiger partial charge < -0.3 is 36.3 Å². The molecule has 2 amide bonds. The Morgan fingerprint density at radius 3 is 2.51 bits per heavy atom. The predicted octanol–water partition coefficient (Wildman–Crippen LogP) is 3.71. The highest BCUT2D eigenvalue weighted by Gasteiger charge is 2.14. The van der Waals surface area contributed by atoms with Gasteiger partial charge in [-0.1, -0.05) is 48.5 Å². The standard InChI is InChI=1S/C32H42N4O5/c1-24(16-18-34-32(39)22-40-28-13-10-25(11-14-28)7-5-6-17-33)35-20-30(38)27-12-15-31(29(19-27)36-23-37)41-21-26-8-3-2-4-9-26/h2-4,8-15,19,23-24,30,35,38H,5-7,16-18,20-22,33H2,1H3,(H,34,39)(H,36,37). The van der Waals surface area contributed by atoms with Gasteiger partial charge in [0.05, 0.1) is 11.8 Å². The summed E-state index contributed by atoms with van der Waals surface area (Å²) in [5.74, 6) is 0.997. The number of nitrogens with two attached hydrogens (primary N) is 1. The number of nitrogens with one attached hydrogen (secondary N) is 3. The van der Waals surface area contributed by atoms with Gasteiger partial charge in [0.15, 0.2) is 6.61 Å². The summed E-state index contributed by atoms with van der Waals surface area (Å²) >= 11 is 0. The van der Waals surface area contributed by atoms with Crippen molar-refractivity contribution in [2.75, 3.05) is 31.6 Å². The summed E-state index contributed by atoms with van der Waals surface area (Å²) in [5, 5.41) is 19.5. The maximum Gasteiger partial charge on any atom is 0.257 e. The lowest BCUT2D eigenvalue weighted by molar-refractivity contribution is -0.123. The van der Waals surface area contributed by atoms with Crippen molar-refractivity contribution in [2.24, 2.45) is 5.73 Å². The summed E-state index contributed by atoms with van der Waals surface area (Å²) < 4.78 is 11.5. The number of aliphatic hydroxyl groups excluding tert-OH is 1. The molecule has 0 aromatic heterocycles. The van der Waals surface area contributed by atoms with Crippen LogP contribution in [0.25, 0.3) is 0 Å². The van der Waals surface area contributed by atoms with Crippen LogP contribution in [-0.2, 0) is 22.6 Å². The minimum atomic E-state index is -0.789. The molecule has 2 atom stereocenters. The molecule has 0 radical (unpaired) electrons. The van der Waals surface area contributed by atoms with E-state index in [1.165, 1.54) is 5.56 Å². The number of benzene rings is 3. The number of hydrogen-bond acceptors (Lipinski definition) is 7. The van der Waals surface area contributed by atoms with Crippen molar-refractivity contribution in [1.29, 1.82) is 0 Å². The molecule has 0 aliphatic heterocycles. The molecule has 0 saturated heterocycles. The second-order valence-corrected chi connectivity index (χ2v) is 9.93. The van der Waals surface area contributed by atoms with Gasteiger partial charge in [-0.05, 0) is 80.1 Å². The smallest absolute Gasteiger partial charge is 0.257 e. The molecule has 0 heterocycles. The second kappa shape index (κ2) is 17.7. The van der Waals surface area contributed by atoms with Crippen LogP contribution in [0.15, 0.2) is 72.8 Å². The third kappa shape index (κ3) is 11.6. The molecule has 9 heteroatoms. The van der Waals surface area contributed by atoms with Crippen LogP contribution in [0.5, 0.6) is 11.5 Å². The van der Waals surface area contributed by atoms with Gasteiger partial charge in [-0.15, -0.1) is 0 Å². The van der Waals surface area contributed by atoms with E-state index in [2.05, 4.69) is 16.0 Å². The average molecular weight is 563 g/mol. The van der Waals surface area contributed by atoms with Crippen LogP contribution >= 0.6 is 0 Å². The van der Waals surface area contributed by atoms with E-state index in [4.69, 9.17) is 15.2 Å². The van der Waals surface area contributed by atoms with Gasteiger partial charge in [-0.2, -0.15) is 0 Å². The van der Waals surface area contributed by atoms with Gasteiger partial charge in [0.2, 0.25) is 6.41 Å². The molecule has 0 aliphatic rings. The van der Waals surface area contributed by atoms with Crippen LogP contribution in [0.1, 0.15) is 49.0 Å². The summed E-state index contributed by atoms with van der Waals surface area (Å²) in [6.45, 7) is 3.80. The molecule has 220 valence electrons. The van der Waals surface area contributed by atoms with Crippen molar-refractivity contribution in [3.63, 3.8) is 0 Å². The molecule has 3 rings (SSSR count). The maximum absolute atomic E-state index is 12.2. The first-order valence-electron chi connectivity index (χ1n) is 14.1. The number of amides is 2. The van der Waals surface area contributed by atoms with Gasteiger partial charge in [0.25, 0.3) is 5.91 Å². The van der Waals surface area contributed by atoms with Gasteiger partial charge >= 0.3 is 0 Å². The fourth-order valence-corrected chi connectivity index (χ4v) is 4.18. The number of hydrogen-bond donors (Lipinski definition) is 5. The highest BCUT2D eigenvalue weighted by molar-refractivity contribution is 5.77. The van der Waals surface area contributed by atoms with E-state index in [0.717, 1.165) is 24.8 Å². The molecule has 0 spiro atoms. The minimum Gasteiger partial charge on any atom is -0.487 e. The molecule has 0 aliphatic carbocycles. The number of ether oxygens (including phenoxy) is 2. The van der Waals surface area contributed by atoms with E-state index >= 15 is 0 Å². The number of aryl methyl sites for hydroxylation is 1.